The highest BCUT2D eigenvalue weighted by Crippen LogP contribution is 2.38. The van der Waals surface area contributed by atoms with Crippen LogP contribution in [0.4, 0.5) is 0 Å². The second kappa shape index (κ2) is 6.34. The summed E-state index contributed by atoms with van der Waals surface area (Å²) in [5.41, 5.74) is 0. The quantitative estimate of drug-likeness (QED) is 0.807. The first-order valence-electron chi connectivity index (χ1n) is 8.50. The number of amides is 2. The van der Waals surface area contributed by atoms with Crippen molar-refractivity contribution < 1.29 is 9.59 Å². The standard InChI is InChI=1S/C16H27N3O2/c1-2-17-15(20)11-6-8-19(9-7-11)16(21)14-13-5-3-4-12(13)10-18-14/h11-14,18H,2-10H2,1H3,(H,17,20). The van der Waals surface area contributed by atoms with Gasteiger partial charge in [-0.1, -0.05) is 6.42 Å². The predicted molar refractivity (Wildman–Crippen MR) is 80.6 cm³/mol. The molecule has 5 nitrogen and oxygen atoms in total. The monoisotopic (exact) mass is 293 g/mol. The Kier molecular flexibility index (Phi) is 4.48. The summed E-state index contributed by atoms with van der Waals surface area (Å²) >= 11 is 0. The van der Waals surface area contributed by atoms with E-state index in [-0.39, 0.29) is 23.8 Å². The van der Waals surface area contributed by atoms with Gasteiger partial charge in [0.25, 0.3) is 0 Å². The summed E-state index contributed by atoms with van der Waals surface area (Å²) in [5.74, 6) is 1.79. The molecule has 0 aromatic rings. The van der Waals surface area contributed by atoms with Gasteiger partial charge in [0.1, 0.15) is 0 Å². The summed E-state index contributed by atoms with van der Waals surface area (Å²) in [5, 5.41) is 6.33. The number of hydrogen-bond acceptors (Lipinski definition) is 3. The number of carbonyl (C=O) groups is 2. The van der Waals surface area contributed by atoms with E-state index in [1.54, 1.807) is 0 Å². The molecule has 0 aromatic carbocycles. The van der Waals surface area contributed by atoms with Gasteiger partial charge in [0.2, 0.25) is 11.8 Å². The van der Waals surface area contributed by atoms with Crippen molar-refractivity contribution in [3.05, 3.63) is 0 Å². The van der Waals surface area contributed by atoms with E-state index >= 15 is 0 Å². The molecule has 2 saturated heterocycles. The van der Waals surface area contributed by atoms with Crippen LogP contribution >= 0.6 is 0 Å². The van der Waals surface area contributed by atoms with Crippen LogP contribution in [-0.4, -0.2) is 48.9 Å². The summed E-state index contributed by atoms with van der Waals surface area (Å²) in [6.07, 6.45) is 5.36. The van der Waals surface area contributed by atoms with E-state index in [1.165, 1.54) is 19.3 Å². The Bertz CT molecular complexity index is 404. The molecule has 0 aromatic heterocycles. The lowest BCUT2D eigenvalue weighted by molar-refractivity contribution is -0.138. The minimum Gasteiger partial charge on any atom is -0.356 e. The third kappa shape index (κ3) is 2.93. The Labute approximate surface area is 126 Å². The molecule has 1 aliphatic carbocycles. The lowest BCUT2D eigenvalue weighted by Crippen LogP contribution is -2.50. The first kappa shape index (κ1) is 14.8. The normalized spacial score (nSPS) is 33.0. The molecular formula is C16H27N3O2. The SMILES string of the molecule is CCNC(=O)C1CCN(C(=O)C2NCC3CCCC32)CC1. The molecular weight excluding hydrogens is 266 g/mol. The molecule has 118 valence electrons. The minimum atomic E-state index is 0.0403. The average Bonchev–Trinajstić information content (AvgIpc) is 3.10. The van der Waals surface area contributed by atoms with Crippen molar-refractivity contribution in [1.82, 2.24) is 15.5 Å². The number of likely N-dealkylation sites (tertiary alicyclic amines) is 1. The lowest BCUT2D eigenvalue weighted by Gasteiger charge is -2.34. The number of piperidine rings is 1. The number of nitrogens with zero attached hydrogens (tertiary/aromatic N) is 1. The van der Waals surface area contributed by atoms with Crippen molar-refractivity contribution >= 4 is 11.8 Å². The Morgan fingerprint density at radius 2 is 1.95 bits per heavy atom. The molecule has 3 rings (SSSR count). The van der Waals surface area contributed by atoms with E-state index in [1.807, 2.05) is 11.8 Å². The Morgan fingerprint density at radius 3 is 2.67 bits per heavy atom. The van der Waals surface area contributed by atoms with Crippen LogP contribution in [0.15, 0.2) is 0 Å². The van der Waals surface area contributed by atoms with E-state index in [9.17, 15) is 9.59 Å². The molecule has 0 bridgehead atoms. The molecule has 2 N–H and O–H groups in total. The smallest absolute Gasteiger partial charge is 0.240 e. The summed E-state index contributed by atoms with van der Waals surface area (Å²) in [6, 6.07) is 0.0403. The van der Waals surface area contributed by atoms with Crippen LogP contribution in [0.3, 0.4) is 0 Å². The molecule has 0 spiro atoms. The fourth-order valence-electron chi connectivity index (χ4n) is 4.34. The average molecular weight is 293 g/mol. The third-order valence-electron chi connectivity index (χ3n) is 5.54. The van der Waals surface area contributed by atoms with Gasteiger partial charge in [-0.3, -0.25) is 9.59 Å². The zero-order valence-corrected chi connectivity index (χ0v) is 12.9. The largest absolute Gasteiger partial charge is 0.356 e. The molecule has 3 atom stereocenters. The summed E-state index contributed by atoms with van der Waals surface area (Å²) in [7, 11) is 0. The lowest BCUT2D eigenvalue weighted by atomic mass is 9.91. The molecule has 0 radical (unpaired) electrons. The van der Waals surface area contributed by atoms with Gasteiger partial charge in [0, 0.05) is 25.6 Å². The molecule has 2 heterocycles. The van der Waals surface area contributed by atoms with Crippen molar-refractivity contribution in [3.63, 3.8) is 0 Å². The van der Waals surface area contributed by atoms with Gasteiger partial charge in [-0.2, -0.15) is 0 Å². The maximum atomic E-state index is 12.7. The van der Waals surface area contributed by atoms with Crippen LogP contribution in [0, 0.1) is 17.8 Å². The second-order valence-electron chi connectivity index (χ2n) is 6.73. The Balaban J connectivity index is 1.52. The van der Waals surface area contributed by atoms with E-state index in [4.69, 9.17) is 0 Å². The van der Waals surface area contributed by atoms with Gasteiger partial charge >= 0.3 is 0 Å². The van der Waals surface area contributed by atoms with E-state index < -0.39 is 0 Å². The van der Waals surface area contributed by atoms with Crippen LogP contribution in [0.2, 0.25) is 0 Å². The van der Waals surface area contributed by atoms with E-state index in [0.717, 1.165) is 32.5 Å². The van der Waals surface area contributed by atoms with Crippen LogP contribution < -0.4 is 10.6 Å². The molecule has 1 saturated carbocycles. The molecule has 3 aliphatic rings. The van der Waals surface area contributed by atoms with Gasteiger partial charge in [-0.15, -0.1) is 0 Å². The molecule has 2 amide bonds. The van der Waals surface area contributed by atoms with Gasteiger partial charge in [0.15, 0.2) is 0 Å². The third-order valence-corrected chi connectivity index (χ3v) is 5.54. The number of nitrogens with one attached hydrogen (secondary N) is 2. The highest BCUT2D eigenvalue weighted by molar-refractivity contribution is 5.83. The minimum absolute atomic E-state index is 0.0403. The fraction of sp³-hybridized carbons (Fsp3) is 0.875. The number of rotatable bonds is 3. The van der Waals surface area contributed by atoms with Crippen LogP contribution in [-0.2, 0) is 9.59 Å². The molecule has 3 fully saturated rings. The Hall–Kier alpha value is -1.10. The molecule has 3 unspecified atom stereocenters. The number of carbonyl (C=O) groups excluding carboxylic acids is 2. The molecule has 5 heteroatoms. The van der Waals surface area contributed by atoms with Crippen LogP contribution in [0.25, 0.3) is 0 Å². The zero-order chi connectivity index (χ0) is 14.8. The van der Waals surface area contributed by atoms with Crippen molar-refractivity contribution in [3.8, 4) is 0 Å². The second-order valence-corrected chi connectivity index (χ2v) is 6.73. The number of hydrogen-bond donors (Lipinski definition) is 2. The predicted octanol–water partition coefficient (Wildman–Crippen LogP) is 0.749. The number of fused-ring (bicyclic) bond motifs is 1. The summed E-state index contributed by atoms with van der Waals surface area (Å²) < 4.78 is 0. The maximum Gasteiger partial charge on any atom is 0.240 e. The molecule has 21 heavy (non-hydrogen) atoms. The highest BCUT2D eigenvalue weighted by atomic mass is 16.2. The summed E-state index contributed by atoms with van der Waals surface area (Å²) in [4.78, 5) is 26.5. The Morgan fingerprint density at radius 1 is 1.19 bits per heavy atom. The van der Waals surface area contributed by atoms with Crippen molar-refractivity contribution in [2.45, 2.75) is 45.1 Å². The van der Waals surface area contributed by atoms with E-state index in [0.29, 0.717) is 18.4 Å². The highest BCUT2D eigenvalue weighted by Gasteiger charge is 2.44. The van der Waals surface area contributed by atoms with Gasteiger partial charge in [-0.05, 0) is 51.0 Å². The first-order chi connectivity index (χ1) is 10.2. The molecule has 2 aliphatic heterocycles. The van der Waals surface area contributed by atoms with Gasteiger partial charge < -0.3 is 15.5 Å². The van der Waals surface area contributed by atoms with Crippen molar-refractivity contribution in [1.29, 1.82) is 0 Å². The zero-order valence-electron chi connectivity index (χ0n) is 12.9. The van der Waals surface area contributed by atoms with Crippen molar-refractivity contribution in [2.75, 3.05) is 26.2 Å². The summed E-state index contributed by atoms with van der Waals surface area (Å²) in [6.45, 7) is 5.11. The fourth-order valence-corrected chi connectivity index (χ4v) is 4.34. The topological polar surface area (TPSA) is 61.4 Å². The van der Waals surface area contributed by atoms with Crippen LogP contribution in [0.5, 0.6) is 0 Å². The van der Waals surface area contributed by atoms with Gasteiger partial charge in [-0.25, -0.2) is 0 Å². The van der Waals surface area contributed by atoms with Crippen molar-refractivity contribution in [2.24, 2.45) is 17.8 Å². The first-order valence-corrected chi connectivity index (χ1v) is 8.50. The maximum absolute atomic E-state index is 12.7. The van der Waals surface area contributed by atoms with Crippen LogP contribution in [0.1, 0.15) is 39.0 Å². The van der Waals surface area contributed by atoms with E-state index in [2.05, 4.69) is 10.6 Å². The van der Waals surface area contributed by atoms with Gasteiger partial charge in [0.05, 0.1) is 6.04 Å².